The molecule has 0 saturated heterocycles. The Labute approximate surface area is 207 Å². The Morgan fingerprint density at radius 2 is 1.23 bits per heavy atom. The zero-order valence-corrected chi connectivity index (χ0v) is 20.8. The highest BCUT2D eigenvalue weighted by atomic mass is 32.2. The number of hydrogen-bond donors (Lipinski definition) is 1. The van der Waals surface area contributed by atoms with E-state index in [1.807, 2.05) is 68.4 Å². The van der Waals surface area contributed by atoms with Gasteiger partial charge in [0.1, 0.15) is 0 Å². The minimum Gasteiger partial charge on any atom is -0.341 e. The second-order valence-corrected chi connectivity index (χ2v) is 10.5. The molecule has 4 aromatic carbocycles. The predicted molar refractivity (Wildman–Crippen MR) is 140 cm³/mol. The summed E-state index contributed by atoms with van der Waals surface area (Å²) in [5.41, 5.74) is 4.55. The van der Waals surface area contributed by atoms with Gasteiger partial charge in [-0.25, -0.2) is 8.42 Å². The maximum atomic E-state index is 13.6. The summed E-state index contributed by atoms with van der Waals surface area (Å²) in [6.45, 7) is 3.91. The van der Waals surface area contributed by atoms with Crippen LogP contribution in [0.5, 0.6) is 0 Å². The fourth-order valence-electron chi connectivity index (χ4n) is 3.91. The molecule has 35 heavy (non-hydrogen) atoms. The molecule has 4 aromatic rings. The van der Waals surface area contributed by atoms with Crippen LogP contribution in [0.1, 0.15) is 38.7 Å². The van der Waals surface area contributed by atoms with Crippen molar-refractivity contribution in [2.24, 2.45) is 0 Å². The molecule has 4 rings (SSSR count). The molecule has 0 heterocycles. The molecule has 0 bridgehead atoms. The second kappa shape index (κ2) is 10.2. The molecule has 0 fully saturated rings. The number of aryl methyl sites for hydroxylation is 2. The summed E-state index contributed by atoms with van der Waals surface area (Å²) in [4.78, 5) is 13.7. The van der Waals surface area contributed by atoms with Crippen LogP contribution in [0.3, 0.4) is 0 Å². The first kappa shape index (κ1) is 24.2. The van der Waals surface area contributed by atoms with Gasteiger partial charge in [0, 0.05) is 7.05 Å². The van der Waals surface area contributed by atoms with Crippen LogP contribution in [0.15, 0.2) is 108 Å². The first-order valence-electron chi connectivity index (χ1n) is 11.3. The van der Waals surface area contributed by atoms with Crippen LogP contribution in [0.4, 0.5) is 5.69 Å². The molecular formula is C29H28N2O3S. The number of nitrogens with zero attached hydrogens (tertiary/aromatic N) is 1. The number of para-hydroxylation sites is 1. The highest BCUT2D eigenvalue weighted by Crippen LogP contribution is 2.28. The van der Waals surface area contributed by atoms with Gasteiger partial charge in [-0.3, -0.25) is 9.10 Å². The zero-order chi connectivity index (χ0) is 25.0. The van der Waals surface area contributed by atoms with Crippen LogP contribution in [0, 0.1) is 13.8 Å². The largest absolute Gasteiger partial charge is 0.341 e. The van der Waals surface area contributed by atoms with Gasteiger partial charge in [0.25, 0.3) is 15.9 Å². The molecule has 1 N–H and O–H groups in total. The molecule has 6 heteroatoms. The van der Waals surface area contributed by atoms with Gasteiger partial charge >= 0.3 is 0 Å². The standard InChI is InChI=1S/C29H28N2O3S/c1-21-13-17-24(18-14-21)28(23-9-5-4-6-10-23)30-29(32)26-11-7-8-12-27(26)31(3)35(33,34)25-19-15-22(2)16-20-25/h4-20,28H,1-3H3,(H,30,32). The topological polar surface area (TPSA) is 66.5 Å². The smallest absolute Gasteiger partial charge is 0.264 e. The minimum absolute atomic E-state index is 0.169. The Hall–Kier alpha value is -3.90. The van der Waals surface area contributed by atoms with E-state index >= 15 is 0 Å². The van der Waals surface area contributed by atoms with Crippen molar-refractivity contribution in [1.29, 1.82) is 0 Å². The van der Waals surface area contributed by atoms with Crippen molar-refractivity contribution in [2.45, 2.75) is 24.8 Å². The Balaban J connectivity index is 1.69. The predicted octanol–water partition coefficient (Wildman–Crippen LogP) is 5.65. The number of benzene rings is 4. The van der Waals surface area contributed by atoms with E-state index in [0.717, 1.165) is 26.6 Å². The summed E-state index contributed by atoms with van der Waals surface area (Å²) in [6.07, 6.45) is 0. The normalized spacial score (nSPS) is 12.1. The molecule has 1 unspecified atom stereocenters. The third-order valence-corrected chi connectivity index (χ3v) is 7.77. The highest BCUT2D eigenvalue weighted by Gasteiger charge is 2.26. The maximum absolute atomic E-state index is 13.6. The fourth-order valence-corrected chi connectivity index (χ4v) is 5.12. The summed E-state index contributed by atoms with van der Waals surface area (Å²) in [5, 5.41) is 3.12. The van der Waals surface area contributed by atoms with Gasteiger partial charge < -0.3 is 5.32 Å². The Kier molecular flexibility index (Phi) is 7.03. The Morgan fingerprint density at radius 1 is 0.714 bits per heavy atom. The average Bonchev–Trinajstić information content (AvgIpc) is 2.88. The van der Waals surface area contributed by atoms with Crippen LogP contribution in [0.25, 0.3) is 0 Å². The monoisotopic (exact) mass is 484 g/mol. The number of carbonyl (C=O) groups excluding carboxylic acids is 1. The van der Waals surface area contributed by atoms with E-state index in [0.29, 0.717) is 5.69 Å². The summed E-state index contributed by atoms with van der Waals surface area (Å²) < 4.78 is 27.8. The van der Waals surface area contributed by atoms with E-state index in [1.165, 1.54) is 7.05 Å². The minimum atomic E-state index is -3.85. The van der Waals surface area contributed by atoms with E-state index < -0.39 is 16.1 Å². The van der Waals surface area contributed by atoms with Gasteiger partial charge in [0.05, 0.1) is 22.2 Å². The summed E-state index contributed by atoms with van der Waals surface area (Å²) in [6, 6.07) is 30.7. The first-order valence-corrected chi connectivity index (χ1v) is 12.8. The molecule has 0 radical (unpaired) electrons. The number of sulfonamides is 1. The number of amides is 1. The molecule has 0 aliphatic carbocycles. The molecule has 0 aromatic heterocycles. The van der Waals surface area contributed by atoms with Crippen LogP contribution in [0.2, 0.25) is 0 Å². The molecule has 0 aliphatic rings. The van der Waals surface area contributed by atoms with Crippen molar-refractivity contribution in [3.63, 3.8) is 0 Å². The summed E-state index contributed by atoms with van der Waals surface area (Å²) in [7, 11) is -2.38. The van der Waals surface area contributed by atoms with Crippen LogP contribution >= 0.6 is 0 Å². The van der Waals surface area contributed by atoms with Crippen LogP contribution < -0.4 is 9.62 Å². The van der Waals surface area contributed by atoms with Crippen molar-refractivity contribution >= 4 is 21.6 Å². The van der Waals surface area contributed by atoms with Crippen LogP contribution in [-0.4, -0.2) is 21.4 Å². The van der Waals surface area contributed by atoms with Crippen molar-refractivity contribution in [3.05, 3.63) is 131 Å². The molecule has 1 atom stereocenters. The van der Waals surface area contributed by atoms with Gasteiger partial charge in [-0.15, -0.1) is 0 Å². The van der Waals surface area contributed by atoms with E-state index in [4.69, 9.17) is 0 Å². The van der Waals surface area contributed by atoms with E-state index in [2.05, 4.69) is 5.32 Å². The number of rotatable bonds is 7. The number of carbonyl (C=O) groups is 1. The van der Waals surface area contributed by atoms with E-state index in [9.17, 15) is 13.2 Å². The maximum Gasteiger partial charge on any atom is 0.264 e. The Morgan fingerprint density at radius 3 is 1.86 bits per heavy atom. The van der Waals surface area contributed by atoms with Gasteiger partial charge in [-0.2, -0.15) is 0 Å². The lowest BCUT2D eigenvalue weighted by molar-refractivity contribution is 0.0943. The van der Waals surface area contributed by atoms with E-state index in [-0.39, 0.29) is 16.4 Å². The summed E-state index contributed by atoms with van der Waals surface area (Å²) in [5.74, 6) is -0.360. The van der Waals surface area contributed by atoms with Crippen LogP contribution in [-0.2, 0) is 10.0 Å². The SMILES string of the molecule is Cc1ccc(C(NC(=O)c2ccccc2N(C)S(=O)(=O)c2ccc(C)cc2)c2ccccc2)cc1. The molecule has 1 amide bonds. The Bertz CT molecular complexity index is 1420. The lowest BCUT2D eigenvalue weighted by Crippen LogP contribution is -2.33. The number of anilines is 1. The first-order chi connectivity index (χ1) is 16.8. The molecular weight excluding hydrogens is 456 g/mol. The third kappa shape index (κ3) is 5.28. The van der Waals surface area contributed by atoms with E-state index in [1.54, 1.807) is 48.5 Å². The zero-order valence-electron chi connectivity index (χ0n) is 20.0. The molecule has 178 valence electrons. The quantitative estimate of drug-likeness (QED) is 0.369. The van der Waals surface area contributed by atoms with Gasteiger partial charge in [0.2, 0.25) is 0 Å². The molecule has 0 aliphatic heterocycles. The highest BCUT2D eigenvalue weighted by molar-refractivity contribution is 7.92. The van der Waals surface area contributed by atoms with Crippen molar-refractivity contribution < 1.29 is 13.2 Å². The average molecular weight is 485 g/mol. The molecule has 0 saturated carbocycles. The summed E-state index contributed by atoms with van der Waals surface area (Å²) >= 11 is 0. The van der Waals surface area contributed by atoms with Crippen molar-refractivity contribution in [1.82, 2.24) is 5.32 Å². The third-order valence-electron chi connectivity index (χ3n) is 5.99. The van der Waals surface area contributed by atoms with Gasteiger partial charge in [0.15, 0.2) is 0 Å². The fraction of sp³-hybridized carbons (Fsp3) is 0.138. The van der Waals surface area contributed by atoms with Crippen molar-refractivity contribution in [3.8, 4) is 0 Å². The lowest BCUT2D eigenvalue weighted by Gasteiger charge is -2.24. The lowest BCUT2D eigenvalue weighted by atomic mass is 9.97. The second-order valence-electron chi connectivity index (χ2n) is 8.53. The van der Waals surface area contributed by atoms with Gasteiger partial charge in [-0.05, 0) is 49.2 Å². The van der Waals surface area contributed by atoms with Crippen molar-refractivity contribution in [2.75, 3.05) is 11.4 Å². The number of nitrogens with one attached hydrogen (secondary N) is 1. The van der Waals surface area contributed by atoms with Gasteiger partial charge in [-0.1, -0.05) is 90.0 Å². The molecule has 0 spiro atoms. The molecule has 5 nitrogen and oxygen atoms in total. The number of hydrogen-bond acceptors (Lipinski definition) is 3.